The molecule has 1 aliphatic rings. The lowest BCUT2D eigenvalue weighted by Gasteiger charge is -2.36. The molecule has 0 bridgehead atoms. The first-order valence-corrected chi connectivity index (χ1v) is 10.9. The normalized spacial score (nSPS) is 14.0. The van der Waals surface area contributed by atoms with E-state index < -0.39 is 0 Å². The van der Waals surface area contributed by atoms with Gasteiger partial charge in [0, 0.05) is 50.3 Å². The van der Waals surface area contributed by atoms with Crippen molar-refractivity contribution in [1.29, 1.82) is 5.26 Å². The molecular weight excluding hydrogens is 415 g/mol. The highest BCUT2D eigenvalue weighted by Gasteiger charge is 2.24. The molecule has 166 valence electrons. The number of nitriles is 1. The molecule has 1 saturated heterocycles. The van der Waals surface area contributed by atoms with Crippen molar-refractivity contribution in [2.24, 2.45) is 0 Å². The number of piperazine rings is 1. The van der Waals surface area contributed by atoms with Crippen LogP contribution in [-0.4, -0.2) is 37.0 Å². The molecule has 0 unspecified atom stereocenters. The fourth-order valence-corrected chi connectivity index (χ4v) is 3.89. The smallest absolute Gasteiger partial charge is 0.266 e. The molecule has 6 heteroatoms. The minimum absolute atomic E-state index is 0.102. The van der Waals surface area contributed by atoms with E-state index in [0.29, 0.717) is 32.7 Å². The molecular formula is C27H25FN4O. The van der Waals surface area contributed by atoms with Crippen LogP contribution < -0.4 is 9.80 Å². The van der Waals surface area contributed by atoms with Crippen LogP contribution in [0.1, 0.15) is 5.56 Å². The molecule has 0 radical (unpaired) electrons. The van der Waals surface area contributed by atoms with Gasteiger partial charge >= 0.3 is 0 Å². The van der Waals surface area contributed by atoms with Gasteiger partial charge in [-0.3, -0.25) is 4.79 Å². The number of halogens is 1. The molecule has 0 spiro atoms. The first kappa shape index (κ1) is 22.1. The third-order valence-corrected chi connectivity index (χ3v) is 5.68. The first-order chi connectivity index (χ1) is 16.1. The summed E-state index contributed by atoms with van der Waals surface area (Å²) >= 11 is 0. The van der Waals surface area contributed by atoms with Gasteiger partial charge in [0.15, 0.2) is 0 Å². The maximum absolute atomic E-state index is 13.2. The third-order valence-electron chi connectivity index (χ3n) is 5.68. The van der Waals surface area contributed by atoms with E-state index in [-0.39, 0.29) is 17.3 Å². The van der Waals surface area contributed by atoms with Gasteiger partial charge in [-0.15, -0.1) is 0 Å². The van der Waals surface area contributed by atoms with Crippen LogP contribution in [0.25, 0.3) is 0 Å². The van der Waals surface area contributed by atoms with Gasteiger partial charge in [-0.1, -0.05) is 48.5 Å². The third kappa shape index (κ3) is 5.58. The van der Waals surface area contributed by atoms with E-state index in [1.165, 1.54) is 12.1 Å². The van der Waals surface area contributed by atoms with Crippen molar-refractivity contribution >= 4 is 17.3 Å². The summed E-state index contributed by atoms with van der Waals surface area (Å²) in [5, 5.41) is 9.81. The number of amides is 1. The zero-order valence-electron chi connectivity index (χ0n) is 18.3. The summed E-state index contributed by atoms with van der Waals surface area (Å²) in [5.41, 5.74) is 3.01. The lowest BCUT2D eigenvalue weighted by atomic mass is 10.1. The van der Waals surface area contributed by atoms with Gasteiger partial charge in [-0.25, -0.2) is 4.39 Å². The molecule has 0 aromatic heterocycles. The van der Waals surface area contributed by atoms with Gasteiger partial charge in [0.05, 0.1) is 0 Å². The summed E-state index contributed by atoms with van der Waals surface area (Å²) in [6.45, 7) is 2.80. The van der Waals surface area contributed by atoms with E-state index in [1.54, 1.807) is 23.2 Å². The topological polar surface area (TPSA) is 50.6 Å². The van der Waals surface area contributed by atoms with Gasteiger partial charge in [0.2, 0.25) is 0 Å². The molecule has 4 rings (SSSR count). The van der Waals surface area contributed by atoms with E-state index in [9.17, 15) is 14.4 Å². The van der Waals surface area contributed by atoms with Crippen LogP contribution in [0.4, 0.5) is 15.8 Å². The largest absolute Gasteiger partial charge is 0.368 e. The van der Waals surface area contributed by atoms with E-state index in [2.05, 4.69) is 11.0 Å². The van der Waals surface area contributed by atoms with Crippen LogP contribution in [0, 0.1) is 17.1 Å². The average Bonchev–Trinajstić information content (AvgIpc) is 2.88. The number of nitrogens with zero attached hydrogens (tertiary/aromatic N) is 4. The Morgan fingerprint density at radius 2 is 1.52 bits per heavy atom. The highest BCUT2D eigenvalue weighted by molar-refractivity contribution is 5.97. The molecule has 1 aliphatic heterocycles. The number of benzene rings is 3. The predicted molar refractivity (Wildman–Crippen MR) is 128 cm³/mol. The highest BCUT2D eigenvalue weighted by atomic mass is 19.1. The van der Waals surface area contributed by atoms with Crippen molar-refractivity contribution < 1.29 is 9.18 Å². The molecule has 33 heavy (non-hydrogen) atoms. The Hall–Kier alpha value is -4.11. The SMILES string of the molecule is N#C/C(=C/N(Cc1ccccc1)c1ccccc1)C(=O)N1CCN(c2ccc(F)cc2)CC1. The standard InChI is InChI=1S/C27H25FN4O/c28-24-11-13-26(14-12-24)30-15-17-31(18-16-30)27(33)23(19-29)21-32(25-9-5-2-6-10-25)20-22-7-3-1-4-8-22/h1-14,21H,15-18,20H2/b23-21-. The van der Waals surface area contributed by atoms with Crippen LogP contribution in [0.3, 0.4) is 0 Å². The highest BCUT2D eigenvalue weighted by Crippen LogP contribution is 2.21. The Kier molecular flexibility index (Phi) is 7.01. The van der Waals surface area contributed by atoms with E-state index in [1.807, 2.05) is 65.6 Å². The fraction of sp³-hybridized carbons (Fsp3) is 0.185. The van der Waals surface area contributed by atoms with E-state index in [4.69, 9.17) is 0 Å². The lowest BCUT2D eigenvalue weighted by molar-refractivity contribution is -0.127. The quantitative estimate of drug-likeness (QED) is 0.416. The molecule has 5 nitrogen and oxygen atoms in total. The second kappa shape index (κ2) is 10.5. The predicted octanol–water partition coefficient (Wildman–Crippen LogP) is 4.59. The number of anilines is 2. The molecule has 1 heterocycles. The first-order valence-electron chi connectivity index (χ1n) is 10.9. The summed E-state index contributed by atoms with van der Waals surface area (Å²) < 4.78 is 13.2. The molecule has 3 aromatic carbocycles. The van der Waals surface area contributed by atoms with Crippen LogP contribution >= 0.6 is 0 Å². The summed E-state index contributed by atoms with van der Waals surface area (Å²) in [6, 6.07) is 28.1. The van der Waals surface area contributed by atoms with Gasteiger partial charge in [-0.05, 0) is 42.0 Å². The zero-order chi connectivity index (χ0) is 23.0. The van der Waals surface area contributed by atoms with Gasteiger partial charge in [0.25, 0.3) is 5.91 Å². The average molecular weight is 441 g/mol. The monoisotopic (exact) mass is 440 g/mol. The Balaban J connectivity index is 1.49. The molecule has 0 N–H and O–H groups in total. The molecule has 0 saturated carbocycles. The number of rotatable bonds is 6. The second-order valence-corrected chi connectivity index (χ2v) is 7.86. The number of carbonyl (C=O) groups is 1. The van der Waals surface area contributed by atoms with Crippen molar-refractivity contribution in [2.75, 3.05) is 36.0 Å². The van der Waals surface area contributed by atoms with Gasteiger partial charge < -0.3 is 14.7 Å². The van der Waals surface area contributed by atoms with Crippen LogP contribution in [-0.2, 0) is 11.3 Å². The second-order valence-electron chi connectivity index (χ2n) is 7.86. The van der Waals surface area contributed by atoms with Crippen LogP contribution in [0.15, 0.2) is 96.7 Å². The van der Waals surface area contributed by atoms with Crippen LogP contribution in [0.5, 0.6) is 0 Å². The van der Waals surface area contributed by atoms with Crippen LogP contribution in [0.2, 0.25) is 0 Å². The Bertz CT molecular complexity index is 1130. The molecule has 1 amide bonds. The Morgan fingerprint density at radius 3 is 2.12 bits per heavy atom. The number of carbonyl (C=O) groups excluding carboxylic acids is 1. The summed E-state index contributed by atoms with van der Waals surface area (Å²) in [5.74, 6) is -0.542. The zero-order valence-corrected chi connectivity index (χ0v) is 18.3. The van der Waals surface area contributed by atoms with Crippen molar-refractivity contribution in [3.8, 4) is 6.07 Å². The number of hydrogen-bond donors (Lipinski definition) is 0. The fourth-order valence-electron chi connectivity index (χ4n) is 3.89. The summed E-state index contributed by atoms with van der Waals surface area (Å²) in [4.78, 5) is 18.9. The van der Waals surface area contributed by atoms with Crippen molar-refractivity contribution in [3.05, 3.63) is 108 Å². The van der Waals surface area contributed by atoms with E-state index in [0.717, 1.165) is 16.9 Å². The van der Waals surface area contributed by atoms with Crippen molar-refractivity contribution in [1.82, 2.24) is 4.90 Å². The maximum atomic E-state index is 13.2. The van der Waals surface area contributed by atoms with Gasteiger partial charge in [-0.2, -0.15) is 5.26 Å². The van der Waals surface area contributed by atoms with Crippen molar-refractivity contribution in [2.45, 2.75) is 6.54 Å². The molecule has 0 aliphatic carbocycles. The minimum Gasteiger partial charge on any atom is -0.368 e. The number of para-hydroxylation sites is 1. The molecule has 0 atom stereocenters. The summed E-state index contributed by atoms with van der Waals surface area (Å²) in [7, 11) is 0. The minimum atomic E-state index is -0.273. The Labute approximate surface area is 193 Å². The van der Waals surface area contributed by atoms with E-state index >= 15 is 0 Å². The molecule has 1 fully saturated rings. The Morgan fingerprint density at radius 1 is 0.909 bits per heavy atom. The lowest BCUT2D eigenvalue weighted by Crippen LogP contribution is -2.49. The van der Waals surface area contributed by atoms with Gasteiger partial charge in [0.1, 0.15) is 17.5 Å². The molecule has 3 aromatic rings. The summed E-state index contributed by atoms with van der Waals surface area (Å²) in [6.07, 6.45) is 1.65. The number of hydrogen-bond acceptors (Lipinski definition) is 4. The van der Waals surface area contributed by atoms with Crippen molar-refractivity contribution in [3.63, 3.8) is 0 Å². The maximum Gasteiger partial charge on any atom is 0.266 e.